The topological polar surface area (TPSA) is 57.8 Å². The van der Waals surface area contributed by atoms with Gasteiger partial charge in [-0.1, -0.05) is 13.3 Å². The molecule has 2 atom stereocenters. The summed E-state index contributed by atoms with van der Waals surface area (Å²) in [7, 11) is 0. The number of anilines is 1. The molecule has 2 aromatic heterocycles. The van der Waals surface area contributed by atoms with Crippen molar-refractivity contribution in [3.63, 3.8) is 0 Å². The van der Waals surface area contributed by atoms with Crippen LogP contribution in [0.4, 0.5) is 20.4 Å². The molecule has 3 aromatic rings. The van der Waals surface area contributed by atoms with Crippen LogP contribution in [0.2, 0.25) is 0 Å². The Morgan fingerprint density at radius 3 is 2.59 bits per heavy atom. The lowest BCUT2D eigenvalue weighted by molar-refractivity contribution is 0.0758. The van der Waals surface area contributed by atoms with Crippen LogP contribution < -0.4 is 5.32 Å². The van der Waals surface area contributed by atoms with Crippen LogP contribution in [0.15, 0.2) is 23.3 Å². The van der Waals surface area contributed by atoms with E-state index in [2.05, 4.69) is 32.2 Å². The normalized spacial score (nSPS) is 21.9. The SMILES string of the molecule is CC=Nc1c(C)cc(-c2c(F)cn3nc(NC4CCN(C5CCC5)CC4C)nc(C)c23)cc1F. The van der Waals surface area contributed by atoms with Gasteiger partial charge < -0.3 is 5.32 Å². The van der Waals surface area contributed by atoms with Gasteiger partial charge in [-0.25, -0.2) is 18.3 Å². The van der Waals surface area contributed by atoms with Gasteiger partial charge in [-0.2, -0.15) is 0 Å². The van der Waals surface area contributed by atoms with Crippen molar-refractivity contribution in [1.82, 2.24) is 19.5 Å². The van der Waals surface area contributed by atoms with Gasteiger partial charge in [0.1, 0.15) is 11.5 Å². The van der Waals surface area contributed by atoms with Crippen molar-refractivity contribution in [2.45, 2.75) is 65.5 Å². The fourth-order valence-corrected chi connectivity index (χ4v) is 5.38. The first-order valence-electron chi connectivity index (χ1n) is 12.2. The van der Waals surface area contributed by atoms with Crippen LogP contribution in [0.5, 0.6) is 0 Å². The van der Waals surface area contributed by atoms with Crippen molar-refractivity contribution < 1.29 is 8.78 Å². The second-order valence-corrected chi connectivity index (χ2v) is 9.77. The number of aromatic nitrogens is 3. The molecule has 1 saturated heterocycles. The third-order valence-electron chi connectivity index (χ3n) is 7.40. The summed E-state index contributed by atoms with van der Waals surface area (Å²) in [5.41, 5.74) is 2.86. The third kappa shape index (κ3) is 4.08. The molecule has 5 rings (SSSR count). The molecule has 1 aromatic carbocycles. The Hall–Kier alpha value is -2.87. The van der Waals surface area contributed by atoms with E-state index < -0.39 is 11.6 Å². The molecule has 1 aliphatic carbocycles. The van der Waals surface area contributed by atoms with Crippen LogP contribution >= 0.6 is 0 Å². The van der Waals surface area contributed by atoms with E-state index in [4.69, 9.17) is 0 Å². The Balaban J connectivity index is 1.43. The molecule has 1 N–H and O–H groups in total. The largest absolute Gasteiger partial charge is 0.350 e. The molecule has 0 bridgehead atoms. The molecule has 3 heterocycles. The number of nitrogens with zero attached hydrogens (tertiary/aromatic N) is 5. The minimum Gasteiger partial charge on any atom is -0.350 e. The molecular formula is C26H32F2N6. The number of nitrogens with one attached hydrogen (secondary N) is 1. The molecule has 0 radical (unpaired) electrons. The Labute approximate surface area is 199 Å². The summed E-state index contributed by atoms with van der Waals surface area (Å²) < 4.78 is 31.3. The first-order valence-corrected chi connectivity index (χ1v) is 12.2. The Morgan fingerprint density at radius 1 is 1.15 bits per heavy atom. The number of fused-ring (bicyclic) bond motifs is 1. The molecule has 34 heavy (non-hydrogen) atoms. The van der Waals surface area contributed by atoms with Crippen molar-refractivity contribution in [3.05, 3.63) is 41.2 Å². The molecule has 2 aliphatic rings. The maximum absolute atomic E-state index is 15.1. The molecule has 2 unspecified atom stereocenters. The zero-order valence-corrected chi connectivity index (χ0v) is 20.3. The highest BCUT2D eigenvalue weighted by molar-refractivity contribution is 5.84. The lowest BCUT2D eigenvalue weighted by Gasteiger charge is -2.44. The highest BCUT2D eigenvalue weighted by Gasteiger charge is 2.33. The molecule has 8 heteroatoms. The van der Waals surface area contributed by atoms with Crippen LogP contribution in [0.25, 0.3) is 16.6 Å². The summed E-state index contributed by atoms with van der Waals surface area (Å²) in [6.45, 7) is 9.78. The smallest absolute Gasteiger partial charge is 0.241 e. The number of likely N-dealkylation sites (tertiary alicyclic amines) is 1. The van der Waals surface area contributed by atoms with Gasteiger partial charge >= 0.3 is 0 Å². The molecule has 2 fully saturated rings. The maximum Gasteiger partial charge on any atom is 0.241 e. The third-order valence-corrected chi connectivity index (χ3v) is 7.40. The van der Waals surface area contributed by atoms with Crippen molar-refractivity contribution in [1.29, 1.82) is 0 Å². The summed E-state index contributed by atoms with van der Waals surface area (Å²) in [6, 6.07) is 4.12. The minimum absolute atomic E-state index is 0.270. The number of benzene rings is 1. The Kier molecular flexibility index (Phi) is 6.10. The first kappa shape index (κ1) is 22.9. The van der Waals surface area contributed by atoms with Crippen LogP contribution in [-0.4, -0.2) is 50.9 Å². The van der Waals surface area contributed by atoms with Crippen molar-refractivity contribution in [2.24, 2.45) is 10.9 Å². The summed E-state index contributed by atoms with van der Waals surface area (Å²) in [6.07, 6.45) is 7.92. The van der Waals surface area contributed by atoms with E-state index in [9.17, 15) is 4.39 Å². The number of hydrogen-bond donors (Lipinski definition) is 1. The summed E-state index contributed by atoms with van der Waals surface area (Å²) >= 11 is 0. The summed E-state index contributed by atoms with van der Waals surface area (Å²) in [5, 5.41) is 8.07. The van der Waals surface area contributed by atoms with E-state index in [1.165, 1.54) is 36.0 Å². The van der Waals surface area contributed by atoms with Gasteiger partial charge in [-0.3, -0.25) is 9.89 Å². The van der Waals surface area contributed by atoms with Gasteiger partial charge in [0.15, 0.2) is 5.82 Å². The lowest BCUT2D eigenvalue weighted by Crippen LogP contribution is -2.51. The average molecular weight is 467 g/mol. The number of aryl methyl sites for hydroxylation is 2. The molecular weight excluding hydrogens is 434 g/mol. The lowest BCUT2D eigenvalue weighted by atomic mass is 9.86. The molecule has 0 amide bonds. The van der Waals surface area contributed by atoms with Gasteiger partial charge in [0.05, 0.1) is 17.4 Å². The highest BCUT2D eigenvalue weighted by atomic mass is 19.1. The second-order valence-electron chi connectivity index (χ2n) is 9.77. The quantitative estimate of drug-likeness (QED) is 0.491. The number of aliphatic imine (C=N–C) groups is 1. The Bertz CT molecular complexity index is 1220. The van der Waals surface area contributed by atoms with Gasteiger partial charge in [0.25, 0.3) is 0 Å². The molecule has 6 nitrogen and oxygen atoms in total. The summed E-state index contributed by atoms with van der Waals surface area (Å²) in [5.74, 6) is 0.0323. The zero-order chi connectivity index (χ0) is 24.0. The van der Waals surface area contributed by atoms with E-state index in [1.807, 2.05) is 6.92 Å². The van der Waals surface area contributed by atoms with Gasteiger partial charge in [0.2, 0.25) is 5.95 Å². The van der Waals surface area contributed by atoms with Crippen molar-refractivity contribution in [2.75, 3.05) is 18.4 Å². The molecule has 1 aliphatic heterocycles. The first-order chi connectivity index (χ1) is 16.4. The fourth-order valence-electron chi connectivity index (χ4n) is 5.38. The molecule has 180 valence electrons. The van der Waals surface area contributed by atoms with Crippen LogP contribution in [-0.2, 0) is 0 Å². The molecule has 1 saturated carbocycles. The van der Waals surface area contributed by atoms with Crippen molar-refractivity contribution >= 4 is 23.4 Å². The number of hydrogen-bond acceptors (Lipinski definition) is 5. The van der Waals surface area contributed by atoms with Crippen LogP contribution in [0.1, 0.15) is 50.8 Å². The van der Waals surface area contributed by atoms with Crippen LogP contribution in [0, 0.1) is 31.4 Å². The van der Waals surface area contributed by atoms with Gasteiger partial charge in [-0.15, -0.1) is 5.10 Å². The van der Waals surface area contributed by atoms with E-state index in [0.717, 1.165) is 25.6 Å². The van der Waals surface area contributed by atoms with Crippen molar-refractivity contribution in [3.8, 4) is 11.1 Å². The van der Waals surface area contributed by atoms with Gasteiger partial charge in [-0.05, 0) is 69.2 Å². The minimum atomic E-state index is -0.481. The van der Waals surface area contributed by atoms with E-state index in [0.29, 0.717) is 39.8 Å². The standard InChI is InChI=1S/C26H32F2N6/c1-5-29-24-15(2)11-18(12-20(24)27)23-21(28)14-34-25(23)17(4)30-26(32-34)31-22-9-10-33(13-16(22)3)19-7-6-8-19/h5,11-12,14,16,19,22H,6-10,13H2,1-4H3,(H,31,32). The average Bonchev–Trinajstić information content (AvgIpc) is 3.07. The predicted molar refractivity (Wildman–Crippen MR) is 132 cm³/mol. The summed E-state index contributed by atoms with van der Waals surface area (Å²) in [4.78, 5) is 11.4. The number of rotatable bonds is 5. The predicted octanol–water partition coefficient (Wildman–Crippen LogP) is 5.69. The fraction of sp³-hybridized carbons (Fsp3) is 0.500. The maximum atomic E-state index is 15.1. The number of halogens is 2. The number of piperidine rings is 1. The van der Waals surface area contributed by atoms with E-state index in [-0.39, 0.29) is 11.7 Å². The molecule has 0 spiro atoms. The van der Waals surface area contributed by atoms with Gasteiger partial charge in [0, 0.05) is 37.0 Å². The monoisotopic (exact) mass is 466 g/mol. The Morgan fingerprint density at radius 2 is 1.94 bits per heavy atom. The van der Waals surface area contributed by atoms with E-state index in [1.54, 1.807) is 26.1 Å². The second kappa shape index (κ2) is 9.06. The van der Waals surface area contributed by atoms with Crippen LogP contribution in [0.3, 0.4) is 0 Å². The van der Waals surface area contributed by atoms with E-state index >= 15 is 4.39 Å². The zero-order valence-electron chi connectivity index (χ0n) is 20.3. The highest BCUT2D eigenvalue weighted by Crippen LogP contribution is 2.35.